The second kappa shape index (κ2) is 8.60. The van der Waals surface area contributed by atoms with Crippen molar-refractivity contribution < 1.29 is 5.11 Å². The van der Waals surface area contributed by atoms with Crippen molar-refractivity contribution in [3.05, 3.63) is 51.9 Å². The zero-order valence-corrected chi connectivity index (χ0v) is 18.3. The lowest BCUT2D eigenvalue weighted by molar-refractivity contribution is 0.228. The van der Waals surface area contributed by atoms with Crippen LogP contribution in [0.1, 0.15) is 24.6 Å². The summed E-state index contributed by atoms with van der Waals surface area (Å²) in [5, 5.41) is 9.63. The normalized spacial score (nSPS) is 17.4. The highest BCUT2D eigenvalue weighted by atomic mass is 32.1. The molecule has 0 bridgehead atoms. The number of nitrogens with zero attached hydrogens (tertiary/aromatic N) is 4. The minimum Gasteiger partial charge on any atom is -0.380 e. The lowest BCUT2D eigenvalue weighted by Gasteiger charge is -2.22. The standard InChI is InChI=1S/C23H26N4O2S/c1-4-19(28)9-10-20-13-21-22(30-20)23(29)27(15-24-21)17-7-5-16(6-8-17)26-12-11-18(14-26)25(2)3/h5-8,13,15,18-19,28H,4,11-12,14H2,1-3H3/t18-,19?/m1/s1. The highest BCUT2D eigenvalue weighted by Crippen LogP contribution is 2.24. The van der Waals surface area contributed by atoms with Crippen LogP contribution in [0, 0.1) is 11.8 Å². The number of anilines is 1. The van der Waals surface area contributed by atoms with E-state index in [0.29, 0.717) is 22.7 Å². The van der Waals surface area contributed by atoms with Gasteiger partial charge in [-0.2, -0.15) is 0 Å². The van der Waals surface area contributed by atoms with Crippen molar-refractivity contribution in [2.75, 3.05) is 32.1 Å². The molecule has 1 aliphatic heterocycles. The summed E-state index contributed by atoms with van der Waals surface area (Å²) in [5.41, 5.74) is 2.51. The van der Waals surface area contributed by atoms with E-state index >= 15 is 0 Å². The number of aromatic nitrogens is 2. The summed E-state index contributed by atoms with van der Waals surface area (Å²) in [6, 6.07) is 10.5. The van der Waals surface area contributed by atoms with Gasteiger partial charge in [-0.1, -0.05) is 18.8 Å². The van der Waals surface area contributed by atoms with Gasteiger partial charge in [0.25, 0.3) is 5.56 Å². The van der Waals surface area contributed by atoms with Gasteiger partial charge in [0.15, 0.2) is 0 Å². The summed E-state index contributed by atoms with van der Waals surface area (Å²) in [4.78, 5) is 22.9. The van der Waals surface area contributed by atoms with E-state index in [2.05, 4.69) is 52.9 Å². The SMILES string of the molecule is CCC(O)C#Cc1cc2ncn(-c3ccc(N4CC[C@@H](N(C)C)C4)cc3)c(=O)c2s1. The van der Waals surface area contributed by atoms with E-state index < -0.39 is 6.10 Å². The van der Waals surface area contributed by atoms with Gasteiger partial charge in [0.2, 0.25) is 0 Å². The lowest BCUT2D eigenvalue weighted by atomic mass is 10.2. The Morgan fingerprint density at radius 3 is 2.70 bits per heavy atom. The fourth-order valence-corrected chi connectivity index (χ4v) is 4.54. The van der Waals surface area contributed by atoms with Crippen molar-refractivity contribution in [2.45, 2.75) is 31.9 Å². The third-order valence-electron chi connectivity index (χ3n) is 5.57. The van der Waals surface area contributed by atoms with Crippen LogP contribution < -0.4 is 10.5 Å². The van der Waals surface area contributed by atoms with Crippen molar-refractivity contribution in [1.82, 2.24) is 14.5 Å². The van der Waals surface area contributed by atoms with Gasteiger partial charge in [-0.25, -0.2) is 4.98 Å². The first-order valence-corrected chi connectivity index (χ1v) is 11.0. The average molecular weight is 423 g/mol. The molecule has 0 radical (unpaired) electrons. The molecule has 1 saturated heterocycles. The summed E-state index contributed by atoms with van der Waals surface area (Å²) in [5.74, 6) is 5.73. The number of fused-ring (bicyclic) bond motifs is 1. The van der Waals surface area contributed by atoms with Gasteiger partial charge in [0.05, 0.1) is 16.1 Å². The maximum atomic E-state index is 13.0. The van der Waals surface area contributed by atoms with E-state index in [9.17, 15) is 9.90 Å². The molecule has 156 valence electrons. The van der Waals surface area contributed by atoms with Crippen LogP contribution in [0.15, 0.2) is 41.5 Å². The van der Waals surface area contributed by atoms with E-state index in [1.807, 2.05) is 19.1 Å². The van der Waals surface area contributed by atoms with Crippen LogP contribution in [-0.4, -0.2) is 58.9 Å². The second-order valence-corrected chi connectivity index (χ2v) is 8.86. The van der Waals surface area contributed by atoms with E-state index in [0.717, 1.165) is 30.1 Å². The number of hydrogen-bond donors (Lipinski definition) is 1. The fourth-order valence-electron chi connectivity index (χ4n) is 3.64. The van der Waals surface area contributed by atoms with Crippen molar-refractivity contribution in [2.24, 2.45) is 0 Å². The van der Waals surface area contributed by atoms with Crippen LogP contribution in [0.4, 0.5) is 5.69 Å². The van der Waals surface area contributed by atoms with Crippen molar-refractivity contribution in [3.8, 4) is 17.5 Å². The summed E-state index contributed by atoms with van der Waals surface area (Å²) in [7, 11) is 4.25. The fraction of sp³-hybridized carbons (Fsp3) is 0.391. The van der Waals surface area contributed by atoms with Gasteiger partial charge in [0, 0.05) is 24.8 Å². The third kappa shape index (κ3) is 4.12. The van der Waals surface area contributed by atoms with E-state index in [-0.39, 0.29) is 5.56 Å². The van der Waals surface area contributed by atoms with Crippen LogP contribution in [0.3, 0.4) is 0 Å². The number of thiophene rings is 1. The molecular formula is C23H26N4O2S. The molecule has 4 rings (SSSR count). The van der Waals surface area contributed by atoms with E-state index in [1.165, 1.54) is 17.0 Å². The molecule has 1 aromatic carbocycles. The van der Waals surface area contributed by atoms with Crippen molar-refractivity contribution in [3.63, 3.8) is 0 Å². The molecule has 2 atom stereocenters. The average Bonchev–Trinajstić information content (AvgIpc) is 3.40. The molecule has 1 aliphatic rings. The zero-order valence-electron chi connectivity index (χ0n) is 17.5. The highest BCUT2D eigenvalue weighted by molar-refractivity contribution is 7.19. The first-order valence-electron chi connectivity index (χ1n) is 10.2. The molecule has 2 aromatic heterocycles. The van der Waals surface area contributed by atoms with Gasteiger partial charge < -0.3 is 14.9 Å². The molecule has 0 amide bonds. The minimum atomic E-state index is -0.651. The van der Waals surface area contributed by atoms with Crippen LogP contribution in [0.2, 0.25) is 0 Å². The van der Waals surface area contributed by atoms with Crippen molar-refractivity contribution >= 4 is 27.2 Å². The Labute approximate surface area is 180 Å². The molecule has 7 heteroatoms. The molecule has 1 unspecified atom stereocenters. The van der Waals surface area contributed by atoms with Gasteiger partial charge in [0.1, 0.15) is 17.1 Å². The zero-order chi connectivity index (χ0) is 21.3. The number of hydrogen-bond acceptors (Lipinski definition) is 6. The number of benzene rings is 1. The maximum absolute atomic E-state index is 13.0. The first kappa shape index (κ1) is 20.6. The number of aliphatic hydroxyl groups excluding tert-OH is 1. The highest BCUT2D eigenvalue weighted by Gasteiger charge is 2.24. The smallest absolute Gasteiger partial charge is 0.275 e. The van der Waals surface area contributed by atoms with Gasteiger partial charge in [-0.15, -0.1) is 11.3 Å². The Bertz CT molecular complexity index is 1150. The Hall–Kier alpha value is -2.66. The topological polar surface area (TPSA) is 61.6 Å². The number of likely N-dealkylation sites (N-methyl/N-ethyl adjacent to an activating group) is 1. The van der Waals surface area contributed by atoms with Crippen LogP contribution in [0.5, 0.6) is 0 Å². The molecule has 30 heavy (non-hydrogen) atoms. The second-order valence-electron chi connectivity index (χ2n) is 7.81. The minimum absolute atomic E-state index is 0.101. The summed E-state index contributed by atoms with van der Waals surface area (Å²) < 4.78 is 2.15. The first-order chi connectivity index (χ1) is 14.5. The van der Waals surface area contributed by atoms with E-state index in [1.54, 1.807) is 17.0 Å². The van der Waals surface area contributed by atoms with Gasteiger partial charge in [-0.05, 0) is 57.3 Å². The summed E-state index contributed by atoms with van der Waals surface area (Å²) in [6.45, 7) is 3.94. The molecule has 3 heterocycles. The molecule has 3 aromatic rings. The lowest BCUT2D eigenvalue weighted by Crippen LogP contribution is -2.31. The molecule has 1 fully saturated rings. The maximum Gasteiger partial charge on any atom is 0.275 e. The quantitative estimate of drug-likeness (QED) is 0.655. The molecule has 0 saturated carbocycles. The van der Waals surface area contributed by atoms with Gasteiger partial charge in [-0.3, -0.25) is 9.36 Å². The Morgan fingerprint density at radius 1 is 1.30 bits per heavy atom. The predicted molar refractivity (Wildman–Crippen MR) is 123 cm³/mol. The molecule has 1 N–H and O–H groups in total. The van der Waals surface area contributed by atoms with Gasteiger partial charge >= 0.3 is 0 Å². The van der Waals surface area contributed by atoms with Crippen molar-refractivity contribution in [1.29, 1.82) is 0 Å². The monoisotopic (exact) mass is 422 g/mol. The largest absolute Gasteiger partial charge is 0.380 e. The Kier molecular flexibility index (Phi) is 5.91. The molecule has 0 aliphatic carbocycles. The number of aliphatic hydroxyl groups is 1. The predicted octanol–water partition coefficient (Wildman–Crippen LogP) is 2.71. The Balaban J connectivity index is 1.59. The number of rotatable bonds is 4. The van der Waals surface area contributed by atoms with Crippen LogP contribution in [0.25, 0.3) is 15.9 Å². The summed E-state index contributed by atoms with van der Waals surface area (Å²) in [6.07, 6.45) is 2.66. The molecular weight excluding hydrogens is 396 g/mol. The summed E-state index contributed by atoms with van der Waals surface area (Å²) >= 11 is 1.32. The molecule has 6 nitrogen and oxygen atoms in total. The third-order valence-corrected chi connectivity index (χ3v) is 6.60. The molecule has 0 spiro atoms. The Morgan fingerprint density at radius 2 is 2.03 bits per heavy atom. The van der Waals surface area contributed by atoms with Crippen LogP contribution in [-0.2, 0) is 0 Å². The van der Waals surface area contributed by atoms with E-state index in [4.69, 9.17) is 0 Å². The van der Waals surface area contributed by atoms with Crippen LogP contribution >= 0.6 is 11.3 Å².